The Morgan fingerprint density at radius 2 is 2.10 bits per heavy atom. The van der Waals surface area contributed by atoms with Crippen LogP contribution in [-0.4, -0.2) is 57.2 Å². The topological polar surface area (TPSA) is 109 Å². The molecule has 1 amide bonds. The van der Waals surface area contributed by atoms with E-state index in [0.29, 0.717) is 12.8 Å². The molecule has 2 saturated heterocycles. The molecule has 5 heterocycles. The second kappa shape index (κ2) is 5.76. The zero-order chi connectivity index (χ0) is 21.7. The summed E-state index contributed by atoms with van der Waals surface area (Å²) >= 11 is 0. The highest BCUT2D eigenvalue weighted by molar-refractivity contribution is 5.97. The predicted octanol–water partition coefficient (Wildman–Crippen LogP) is 1.95. The Bertz CT molecular complexity index is 1200. The largest absolute Gasteiger partial charge is 0.481 e. The first-order valence-electron chi connectivity index (χ1n) is 10.5. The molecule has 2 aromatic rings. The molecule has 6 atom stereocenters. The maximum absolute atomic E-state index is 13.8. The molecule has 160 valence electrons. The Morgan fingerprint density at radius 1 is 1.32 bits per heavy atom. The number of hydrogen-bond acceptors (Lipinski definition) is 5. The third-order valence-electron chi connectivity index (χ3n) is 7.71. The van der Waals surface area contributed by atoms with Gasteiger partial charge >= 0.3 is 11.9 Å². The summed E-state index contributed by atoms with van der Waals surface area (Å²) < 4.78 is 11.6. The molecule has 8 nitrogen and oxygen atoms in total. The van der Waals surface area contributed by atoms with Crippen molar-refractivity contribution >= 4 is 28.7 Å². The highest BCUT2D eigenvalue weighted by Gasteiger charge is 2.77. The number of H-pyrrole nitrogens is 1. The zero-order valence-corrected chi connectivity index (χ0v) is 17.1. The zero-order valence-electron chi connectivity index (χ0n) is 17.1. The summed E-state index contributed by atoms with van der Waals surface area (Å²) in [4.78, 5) is 43.8. The lowest BCUT2D eigenvalue weighted by atomic mass is 9.68. The quantitative estimate of drug-likeness (QED) is 0.578. The number of fused-ring (bicyclic) bond motifs is 6. The van der Waals surface area contributed by atoms with E-state index in [2.05, 4.69) is 4.98 Å². The summed E-state index contributed by atoms with van der Waals surface area (Å²) in [5, 5.41) is 11.1. The highest BCUT2D eigenvalue weighted by atomic mass is 16.5. The summed E-state index contributed by atoms with van der Waals surface area (Å²) in [5.41, 5.74) is 0.489. The average molecular weight is 422 g/mol. The highest BCUT2D eigenvalue weighted by Crippen LogP contribution is 2.66. The van der Waals surface area contributed by atoms with Crippen molar-refractivity contribution in [2.75, 3.05) is 7.11 Å². The molecule has 6 rings (SSSR count). The summed E-state index contributed by atoms with van der Waals surface area (Å²) in [6.45, 7) is 1.87. The number of nitrogens with one attached hydrogen (secondary N) is 1. The van der Waals surface area contributed by atoms with Crippen LogP contribution in [0.5, 0.6) is 0 Å². The smallest absolute Gasteiger partial charge is 0.328 e. The van der Waals surface area contributed by atoms with E-state index in [4.69, 9.17) is 9.47 Å². The summed E-state index contributed by atoms with van der Waals surface area (Å²) in [7, 11) is 1.30. The number of hydrogen-bond donors (Lipinski definition) is 2. The van der Waals surface area contributed by atoms with Gasteiger partial charge in [0.2, 0.25) is 5.91 Å². The lowest BCUT2D eigenvalue weighted by Gasteiger charge is -2.41. The first-order valence-corrected chi connectivity index (χ1v) is 10.5. The number of carbonyl (C=O) groups excluding carboxylic acids is 2. The van der Waals surface area contributed by atoms with Crippen molar-refractivity contribution in [3.05, 3.63) is 47.7 Å². The molecular weight excluding hydrogens is 400 g/mol. The van der Waals surface area contributed by atoms with Gasteiger partial charge in [-0.25, -0.2) is 4.79 Å². The number of para-hydroxylation sites is 1. The Labute approximate surface area is 177 Å². The molecular formula is C23H22N2O6. The molecule has 1 aromatic heterocycles. The number of amides is 1. The Hall–Kier alpha value is -3.13. The summed E-state index contributed by atoms with van der Waals surface area (Å²) in [6.07, 6.45) is 4.41. The van der Waals surface area contributed by atoms with Crippen LogP contribution >= 0.6 is 0 Å². The molecule has 1 spiro atoms. The lowest BCUT2D eigenvalue weighted by Crippen LogP contribution is -2.52. The number of benzene rings is 1. The molecule has 0 saturated carbocycles. The van der Waals surface area contributed by atoms with Gasteiger partial charge in [0.1, 0.15) is 29.2 Å². The van der Waals surface area contributed by atoms with Gasteiger partial charge in [0.15, 0.2) is 0 Å². The first kappa shape index (κ1) is 18.6. The van der Waals surface area contributed by atoms with Crippen molar-refractivity contribution in [3.63, 3.8) is 0 Å². The van der Waals surface area contributed by atoms with Crippen LogP contribution in [-0.2, 0) is 30.3 Å². The van der Waals surface area contributed by atoms with Crippen LogP contribution in [0.1, 0.15) is 30.6 Å². The van der Waals surface area contributed by atoms with E-state index >= 15 is 0 Å². The number of ether oxygens (including phenoxy) is 2. The molecule has 1 aromatic carbocycles. The number of nitrogens with zero attached hydrogens (tertiary/aromatic N) is 1. The van der Waals surface area contributed by atoms with E-state index in [-0.39, 0.29) is 5.91 Å². The Morgan fingerprint density at radius 3 is 2.81 bits per heavy atom. The maximum atomic E-state index is 13.8. The molecule has 2 fully saturated rings. The van der Waals surface area contributed by atoms with Crippen molar-refractivity contribution in [3.8, 4) is 0 Å². The van der Waals surface area contributed by atoms with Gasteiger partial charge in [-0.3, -0.25) is 9.59 Å². The van der Waals surface area contributed by atoms with Crippen molar-refractivity contribution in [2.45, 2.75) is 43.1 Å². The van der Waals surface area contributed by atoms with Crippen LogP contribution in [0.15, 0.2) is 36.4 Å². The maximum Gasteiger partial charge on any atom is 0.328 e. The van der Waals surface area contributed by atoms with Gasteiger partial charge in [-0.2, -0.15) is 0 Å². The molecule has 2 bridgehead atoms. The summed E-state index contributed by atoms with van der Waals surface area (Å²) in [5.74, 6) is -3.84. The molecule has 0 aliphatic carbocycles. The second-order valence-corrected chi connectivity index (χ2v) is 8.84. The molecule has 2 N–H and O–H groups in total. The van der Waals surface area contributed by atoms with Gasteiger partial charge in [-0.15, -0.1) is 0 Å². The minimum absolute atomic E-state index is 0.303. The standard InChI is InChI=1S/C23H22N2O6/c1-3-22-8-9-23(31-22)15(16(22)20(27)28)19(26)25-14(21(29)30-2)10-12-11-6-4-5-7-13(11)24-17(12)18(23)25/h4-9,14-16,18,24H,3,10H2,1-2H3,(H,27,28)/t14-,15-,16+,18-,22+,23-/m0/s1. The SMILES string of the molecule is CC[C@]12C=C[C@]3(O1)[C@H](C(=O)N1[C@H]3c3[nH]c4ccccc4c3C[C@H]1C(=O)OC)[C@@H]2C(=O)O. The minimum atomic E-state index is -1.14. The van der Waals surface area contributed by atoms with Crippen LogP contribution in [0.25, 0.3) is 10.9 Å². The van der Waals surface area contributed by atoms with Crippen LogP contribution in [0.4, 0.5) is 0 Å². The molecule has 0 unspecified atom stereocenters. The van der Waals surface area contributed by atoms with E-state index < -0.39 is 47.1 Å². The fraction of sp³-hybridized carbons (Fsp3) is 0.435. The third-order valence-corrected chi connectivity index (χ3v) is 7.71. The van der Waals surface area contributed by atoms with Crippen LogP contribution in [0, 0.1) is 11.8 Å². The number of carboxylic acids is 1. The minimum Gasteiger partial charge on any atom is -0.481 e. The van der Waals surface area contributed by atoms with Gasteiger partial charge < -0.3 is 24.5 Å². The van der Waals surface area contributed by atoms with Crippen molar-refractivity contribution in [2.24, 2.45) is 11.8 Å². The second-order valence-electron chi connectivity index (χ2n) is 8.84. The number of esters is 1. The van der Waals surface area contributed by atoms with Crippen molar-refractivity contribution in [1.29, 1.82) is 0 Å². The number of carbonyl (C=O) groups is 3. The number of carboxylic acid groups (broad SMARTS) is 1. The van der Waals surface area contributed by atoms with Crippen LogP contribution in [0.3, 0.4) is 0 Å². The van der Waals surface area contributed by atoms with Gasteiger partial charge in [-0.05, 0) is 18.1 Å². The van der Waals surface area contributed by atoms with Gasteiger partial charge in [0.05, 0.1) is 13.0 Å². The Kier molecular flexibility index (Phi) is 3.46. The molecule has 0 radical (unpaired) electrons. The molecule has 4 aliphatic rings. The lowest BCUT2D eigenvalue weighted by molar-refractivity contribution is -0.159. The normalized spacial score (nSPS) is 37.1. The van der Waals surface area contributed by atoms with Crippen molar-refractivity contribution < 1.29 is 29.0 Å². The number of rotatable bonds is 3. The van der Waals surface area contributed by atoms with Crippen molar-refractivity contribution in [1.82, 2.24) is 9.88 Å². The van der Waals surface area contributed by atoms with Gasteiger partial charge in [0, 0.05) is 23.0 Å². The van der Waals surface area contributed by atoms with Gasteiger partial charge in [-0.1, -0.05) is 37.3 Å². The van der Waals surface area contributed by atoms with Crippen LogP contribution in [0.2, 0.25) is 0 Å². The fourth-order valence-electron chi connectivity index (χ4n) is 6.46. The monoisotopic (exact) mass is 422 g/mol. The third kappa shape index (κ3) is 1.97. The van der Waals surface area contributed by atoms with Crippen LogP contribution < -0.4 is 0 Å². The predicted molar refractivity (Wildman–Crippen MR) is 108 cm³/mol. The molecule has 31 heavy (non-hydrogen) atoms. The van der Waals surface area contributed by atoms with E-state index in [9.17, 15) is 19.5 Å². The average Bonchev–Trinajstić information content (AvgIpc) is 3.48. The number of methoxy groups -OCH3 is 1. The summed E-state index contributed by atoms with van der Waals surface area (Å²) in [6, 6.07) is 6.33. The van der Waals surface area contributed by atoms with E-state index in [0.717, 1.165) is 22.2 Å². The fourth-order valence-corrected chi connectivity index (χ4v) is 6.46. The number of aromatic amines is 1. The van der Waals surface area contributed by atoms with E-state index in [1.165, 1.54) is 12.0 Å². The number of aromatic nitrogens is 1. The van der Waals surface area contributed by atoms with E-state index in [1.54, 1.807) is 0 Å². The Balaban J connectivity index is 1.62. The molecule has 4 aliphatic heterocycles. The van der Waals surface area contributed by atoms with Gasteiger partial charge in [0.25, 0.3) is 0 Å². The van der Waals surface area contributed by atoms with E-state index in [1.807, 2.05) is 43.3 Å². The molecule has 8 heteroatoms. The number of aliphatic carboxylic acids is 1. The first-order chi connectivity index (χ1) is 14.9.